The number of ether oxygens (including phenoxy) is 1. The topological polar surface area (TPSA) is 62.1 Å². The van der Waals surface area contributed by atoms with Crippen LogP contribution in [0.1, 0.15) is 11.6 Å². The van der Waals surface area contributed by atoms with Crippen molar-refractivity contribution in [2.45, 2.75) is 10.9 Å². The number of amides is 1. The fraction of sp³-hybridized carbons (Fsp3) is 0.200. The van der Waals surface area contributed by atoms with Gasteiger partial charge in [0.15, 0.2) is 0 Å². The molecule has 0 unspecified atom stereocenters. The summed E-state index contributed by atoms with van der Waals surface area (Å²) < 4.78 is 5.14. The third kappa shape index (κ3) is 4.52. The van der Waals surface area contributed by atoms with Gasteiger partial charge in [-0.15, -0.1) is 11.8 Å². The maximum Gasteiger partial charge on any atom is 0.231 e. The normalized spacial score (nSPS) is 11.4. The van der Waals surface area contributed by atoms with Crippen LogP contribution in [0.3, 0.4) is 0 Å². The molecular weight excluding hydrogens is 304 g/mol. The van der Waals surface area contributed by atoms with E-state index in [4.69, 9.17) is 10.00 Å². The Labute approximate surface area is 131 Å². The Hall–Kier alpha value is -1.97. The fourth-order valence-electron chi connectivity index (χ4n) is 1.67. The molecule has 0 fully saturated rings. The van der Waals surface area contributed by atoms with E-state index in [-0.39, 0.29) is 11.7 Å². The van der Waals surface area contributed by atoms with Gasteiger partial charge in [-0.1, -0.05) is 6.07 Å². The first-order valence-corrected chi connectivity index (χ1v) is 8.13. The van der Waals surface area contributed by atoms with Gasteiger partial charge in [-0.25, -0.2) is 0 Å². The van der Waals surface area contributed by atoms with Gasteiger partial charge in [0.2, 0.25) is 5.91 Å². The van der Waals surface area contributed by atoms with Crippen LogP contribution in [-0.4, -0.2) is 18.8 Å². The summed E-state index contributed by atoms with van der Waals surface area (Å²) in [6, 6.07) is 10.9. The summed E-state index contributed by atoms with van der Waals surface area (Å²) in [7, 11) is 1.61. The molecule has 1 atom stereocenters. The third-order valence-electron chi connectivity index (χ3n) is 2.72. The minimum Gasteiger partial charge on any atom is -0.497 e. The lowest BCUT2D eigenvalue weighted by atomic mass is 10.2. The van der Waals surface area contributed by atoms with E-state index < -0.39 is 6.04 Å². The highest BCUT2D eigenvalue weighted by Gasteiger charge is 2.14. The molecule has 1 heterocycles. The summed E-state index contributed by atoms with van der Waals surface area (Å²) in [6.45, 7) is 0. The van der Waals surface area contributed by atoms with Gasteiger partial charge in [-0.05, 0) is 40.6 Å². The first-order chi connectivity index (χ1) is 10.2. The number of nitrogens with one attached hydrogen (secondary N) is 1. The molecule has 2 aromatic rings. The number of thiophene rings is 1. The van der Waals surface area contributed by atoms with E-state index in [0.29, 0.717) is 0 Å². The van der Waals surface area contributed by atoms with E-state index in [0.717, 1.165) is 16.2 Å². The van der Waals surface area contributed by atoms with E-state index in [1.54, 1.807) is 7.11 Å². The zero-order chi connectivity index (χ0) is 15.1. The van der Waals surface area contributed by atoms with Crippen molar-refractivity contribution in [2.24, 2.45) is 0 Å². The smallest absolute Gasteiger partial charge is 0.231 e. The molecule has 0 aliphatic carbocycles. The maximum absolute atomic E-state index is 11.9. The van der Waals surface area contributed by atoms with E-state index >= 15 is 0 Å². The van der Waals surface area contributed by atoms with Crippen LogP contribution >= 0.6 is 23.1 Å². The zero-order valence-electron chi connectivity index (χ0n) is 11.4. The van der Waals surface area contributed by atoms with Gasteiger partial charge in [-0.2, -0.15) is 16.6 Å². The number of thioether (sulfide) groups is 1. The molecule has 1 N–H and O–H groups in total. The van der Waals surface area contributed by atoms with Crippen LogP contribution < -0.4 is 10.1 Å². The Morgan fingerprint density at radius 3 is 3.05 bits per heavy atom. The molecule has 1 aromatic heterocycles. The van der Waals surface area contributed by atoms with Gasteiger partial charge >= 0.3 is 0 Å². The second kappa shape index (κ2) is 7.72. The molecule has 0 aliphatic rings. The van der Waals surface area contributed by atoms with Crippen molar-refractivity contribution in [1.29, 1.82) is 5.26 Å². The number of methoxy groups -OCH3 is 1. The van der Waals surface area contributed by atoms with Crippen LogP contribution in [0, 0.1) is 11.3 Å². The predicted octanol–water partition coefficient (Wildman–Crippen LogP) is 3.23. The van der Waals surface area contributed by atoms with Crippen molar-refractivity contribution in [3.8, 4) is 11.8 Å². The SMILES string of the molecule is COc1cccc(SCC(=O)N[C@@H](C#N)c2ccsc2)c1. The molecule has 0 bridgehead atoms. The quantitative estimate of drug-likeness (QED) is 0.831. The Morgan fingerprint density at radius 1 is 1.52 bits per heavy atom. The van der Waals surface area contributed by atoms with Gasteiger partial charge in [-0.3, -0.25) is 4.79 Å². The summed E-state index contributed by atoms with van der Waals surface area (Å²) >= 11 is 2.91. The highest BCUT2D eigenvalue weighted by Crippen LogP contribution is 2.23. The number of rotatable bonds is 6. The Kier molecular flexibility index (Phi) is 5.67. The van der Waals surface area contributed by atoms with Crippen LogP contribution in [0.15, 0.2) is 46.0 Å². The molecule has 0 saturated heterocycles. The average Bonchev–Trinajstić information content (AvgIpc) is 3.05. The van der Waals surface area contributed by atoms with Crippen molar-refractivity contribution >= 4 is 29.0 Å². The van der Waals surface area contributed by atoms with Crippen molar-refractivity contribution in [2.75, 3.05) is 12.9 Å². The van der Waals surface area contributed by atoms with Crippen LogP contribution in [0.5, 0.6) is 5.75 Å². The number of carbonyl (C=O) groups is 1. The van der Waals surface area contributed by atoms with Crippen molar-refractivity contribution < 1.29 is 9.53 Å². The summed E-state index contributed by atoms with van der Waals surface area (Å²) in [5.74, 6) is 0.851. The number of hydrogen-bond donors (Lipinski definition) is 1. The zero-order valence-corrected chi connectivity index (χ0v) is 13.0. The molecule has 21 heavy (non-hydrogen) atoms. The molecule has 0 aliphatic heterocycles. The van der Waals surface area contributed by atoms with E-state index in [1.165, 1.54) is 23.1 Å². The molecule has 0 spiro atoms. The van der Waals surface area contributed by atoms with Crippen LogP contribution in [-0.2, 0) is 4.79 Å². The average molecular weight is 318 g/mol. The fourth-order valence-corrected chi connectivity index (χ4v) is 3.11. The van der Waals surface area contributed by atoms with Crippen LogP contribution in [0.4, 0.5) is 0 Å². The maximum atomic E-state index is 11.9. The minimum atomic E-state index is -0.588. The van der Waals surface area contributed by atoms with E-state index in [1.807, 2.05) is 41.1 Å². The molecule has 0 saturated carbocycles. The first-order valence-electron chi connectivity index (χ1n) is 6.21. The summed E-state index contributed by atoms with van der Waals surface area (Å²) in [5, 5.41) is 15.6. The van der Waals surface area contributed by atoms with Gasteiger partial charge in [0.1, 0.15) is 11.8 Å². The lowest BCUT2D eigenvalue weighted by molar-refractivity contribution is -0.118. The van der Waals surface area contributed by atoms with E-state index in [9.17, 15) is 4.79 Å². The lowest BCUT2D eigenvalue weighted by Gasteiger charge is -2.10. The van der Waals surface area contributed by atoms with Gasteiger partial charge < -0.3 is 10.1 Å². The van der Waals surface area contributed by atoms with Crippen molar-refractivity contribution in [1.82, 2.24) is 5.32 Å². The summed E-state index contributed by atoms with van der Waals surface area (Å²) in [4.78, 5) is 12.9. The lowest BCUT2D eigenvalue weighted by Crippen LogP contribution is -2.28. The number of benzene rings is 1. The Balaban J connectivity index is 1.88. The van der Waals surface area contributed by atoms with Crippen LogP contribution in [0.2, 0.25) is 0 Å². The van der Waals surface area contributed by atoms with Gasteiger partial charge in [0, 0.05) is 4.90 Å². The van der Waals surface area contributed by atoms with Crippen molar-refractivity contribution in [3.05, 3.63) is 46.7 Å². The molecule has 2 rings (SSSR count). The Bertz CT molecular complexity index is 635. The monoisotopic (exact) mass is 318 g/mol. The van der Waals surface area contributed by atoms with Gasteiger partial charge in [0.05, 0.1) is 18.9 Å². The highest BCUT2D eigenvalue weighted by atomic mass is 32.2. The van der Waals surface area contributed by atoms with Gasteiger partial charge in [0.25, 0.3) is 0 Å². The first kappa shape index (κ1) is 15.4. The number of nitriles is 1. The third-order valence-corrected chi connectivity index (χ3v) is 4.42. The Morgan fingerprint density at radius 2 is 2.38 bits per heavy atom. The van der Waals surface area contributed by atoms with Crippen molar-refractivity contribution in [3.63, 3.8) is 0 Å². The highest BCUT2D eigenvalue weighted by molar-refractivity contribution is 8.00. The number of hydrogen-bond acceptors (Lipinski definition) is 5. The molecule has 0 radical (unpaired) electrons. The second-order valence-electron chi connectivity index (χ2n) is 4.15. The number of nitrogens with zero attached hydrogens (tertiary/aromatic N) is 1. The number of carbonyl (C=O) groups excluding carboxylic acids is 1. The molecule has 108 valence electrons. The standard InChI is InChI=1S/C15H14N2O2S2/c1-19-12-3-2-4-13(7-12)21-10-15(18)17-14(8-16)11-5-6-20-9-11/h2-7,9,14H,10H2,1H3,(H,17,18)/t14-/m0/s1. The minimum absolute atomic E-state index is 0.166. The molecular formula is C15H14N2O2S2. The predicted molar refractivity (Wildman–Crippen MR) is 84.5 cm³/mol. The van der Waals surface area contributed by atoms with E-state index in [2.05, 4.69) is 11.4 Å². The molecule has 1 aromatic carbocycles. The molecule has 4 nitrogen and oxygen atoms in total. The summed E-state index contributed by atoms with van der Waals surface area (Å²) in [6.07, 6.45) is 0. The largest absolute Gasteiger partial charge is 0.497 e. The second-order valence-corrected chi connectivity index (χ2v) is 5.98. The van der Waals surface area contributed by atoms with Crippen LogP contribution in [0.25, 0.3) is 0 Å². The molecule has 6 heteroatoms. The summed E-state index contributed by atoms with van der Waals surface area (Å²) in [5.41, 5.74) is 0.822. The molecule has 1 amide bonds.